The Morgan fingerprint density at radius 1 is 1.20 bits per heavy atom. The van der Waals surface area contributed by atoms with Crippen LogP contribution >= 0.6 is 0 Å². The van der Waals surface area contributed by atoms with E-state index in [1.165, 1.54) is 0 Å². The molecule has 0 aliphatic heterocycles. The number of rotatable bonds is 6. The molecule has 3 rings (SSSR count). The molecule has 2 aliphatic rings. The molecule has 1 aromatic rings. The molecule has 134 valence electrons. The predicted molar refractivity (Wildman–Crippen MR) is 95.4 cm³/mol. The number of nitrogens with one attached hydrogen (secondary N) is 1. The average Bonchev–Trinajstić information content (AvgIpc) is 2.57. The van der Waals surface area contributed by atoms with Crippen molar-refractivity contribution in [3.8, 4) is 0 Å². The minimum Gasteiger partial charge on any atom is -0.356 e. The third kappa shape index (κ3) is 3.91. The first kappa shape index (κ1) is 17.6. The first-order valence-corrected chi connectivity index (χ1v) is 9.22. The van der Waals surface area contributed by atoms with Gasteiger partial charge in [-0.25, -0.2) is 0 Å². The van der Waals surface area contributed by atoms with Crippen molar-refractivity contribution in [3.63, 3.8) is 0 Å². The molecule has 1 atom stereocenters. The molecule has 1 saturated carbocycles. The molecular weight excluding hydrogens is 316 g/mol. The topological polar surface area (TPSA) is 66.5 Å². The maximum atomic E-state index is 12.8. The Hall–Kier alpha value is -2.17. The van der Waals surface area contributed by atoms with Gasteiger partial charge in [0.25, 0.3) is 0 Å². The molecule has 0 bridgehead atoms. The van der Waals surface area contributed by atoms with Crippen LogP contribution < -0.4 is 5.32 Å². The number of fused-ring (bicyclic) bond motifs is 1. The van der Waals surface area contributed by atoms with Crippen molar-refractivity contribution in [1.29, 1.82) is 0 Å². The number of benzene rings is 1. The summed E-state index contributed by atoms with van der Waals surface area (Å²) in [6.45, 7) is 1.21. The molecule has 1 fully saturated rings. The number of Topliss-reactive ketones (excluding diaryl/α,β-unsaturated/α-hetero) is 1. The fraction of sp³-hybridized carbons (Fsp3) is 0.550. The number of nitrogens with zero attached hydrogens (tertiary/aromatic N) is 1. The number of hydrogen-bond donors (Lipinski definition) is 1. The van der Waals surface area contributed by atoms with E-state index in [2.05, 4.69) is 5.32 Å². The van der Waals surface area contributed by atoms with E-state index in [9.17, 15) is 14.4 Å². The number of carbonyl (C=O) groups excluding carboxylic acids is 3. The lowest BCUT2D eigenvalue weighted by molar-refractivity contribution is -0.131. The van der Waals surface area contributed by atoms with Crippen LogP contribution in [0, 0.1) is 5.92 Å². The van der Waals surface area contributed by atoms with E-state index in [0.717, 1.165) is 31.2 Å². The second-order valence-corrected chi connectivity index (χ2v) is 7.13. The van der Waals surface area contributed by atoms with E-state index in [0.29, 0.717) is 31.5 Å². The van der Waals surface area contributed by atoms with Gasteiger partial charge in [-0.3, -0.25) is 14.4 Å². The largest absolute Gasteiger partial charge is 0.356 e. The van der Waals surface area contributed by atoms with Crippen LogP contribution in [0.4, 0.5) is 0 Å². The highest BCUT2D eigenvalue weighted by atomic mass is 16.2. The molecular formula is C20H26N2O3. The highest BCUT2D eigenvalue weighted by Crippen LogP contribution is 2.32. The number of likely N-dealkylation sites (N-methyl/N-ethyl adjacent to an activating group) is 1. The predicted octanol–water partition coefficient (Wildman–Crippen LogP) is 2.51. The van der Waals surface area contributed by atoms with Crippen LogP contribution in [0.25, 0.3) is 0 Å². The van der Waals surface area contributed by atoms with Gasteiger partial charge < -0.3 is 10.2 Å². The van der Waals surface area contributed by atoms with E-state index in [-0.39, 0.29) is 29.4 Å². The molecule has 0 saturated heterocycles. The fourth-order valence-corrected chi connectivity index (χ4v) is 3.60. The SMILES string of the molecule is CN(CCCNC(=O)C1CCC1)C(=O)C1CCC(=O)c2ccccc21. The molecule has 2 amide bonds. The third-order valence-electron chi connectivity index (χ3n) is 5.42. The van der Waals surface area contributed by atoms with Crippen LogP contribution in [-0.2, 0) is 9.59 Å². The lowest BCUT2D eigenvalue weighted by Crippen LogP contribution is -2.38. The van der Waals surface area contributed by atoms with E-state index in [1.54, 1.807) is 11.9 Å². The summed E-state index contributed by atoms with van der Waals surface area (Å²) >= 11 is 0. The fourth-order valence-electron chi connectivity index (χ4n) is 3.60. The Kier molecular flexibility index (Phi) is 5.51. The van der Waals surface area contributed by atoms with Gasteiger partial charge in [-0.15, -0.1) is 0 Å². The quantitative estimate of drug-likeness (QED) is 0.808. The first-order valence-electron chi connectivity index (χ1n) is 9.22. The van der Waals surface area contributed by atoms with Crippen molar-refractivity contribution in [3.05, 3.63) is 35.4 Å². The summed E-state index contributed by atoms with van der Waals surface area (Å²) in [4.78, 5) is 38.3. The van der Waals surface area contributed by atoms with E-state index < -0.39 is 0 Å². The number of hydrogen-bond acceptors (Lipinski definition) is 3. The minimum atomic E-state index is -0.233. The lowest BCUT2D eigenvalue weighted by atomic mass is 9.81. The van der Waals surface area contributed by atoms with Gasteiger partial charge in [0.2, 0.25) is 11.8 Å². The standard InChI is InChI=1S/C20H26N2O3/c1-22(13-5-12-21-19(24)14-6-4-7-14)20(25)17-10-11-18(23)16-9-3-2-8-15(16)17/h2-3,8-9,14,17H,4-7,10-13H2,1H3,(H,21,24). The van der Waals surface area contributed by atoms with E-state index in [4.69, 9.17) is 0 Å². The van der Waals surface area contributed by atoms with Gasteiger partial charge in [0.1, 0.15) is 0 Å². The molecule has 0 radical (unpaired) electrons. The van der Waals surface area contributed by atoms with Crippen LogP contribution in [0.15, 0.2) is 24.3 Å². The van der Waals surface area contributed by atoms with Gasteiger partial charge in [0, 0.05) is 38.0 Å². The van der Waals surface area contributed by atoms with Crippen molar-refractivity contribution >= 4 is 17.6 Å². The van der Waals surface area contributed by atoms with E-state index >= 15 is 0 Å². The maximum Gasteiger partial charge on any atom is 0.229 e. The van der Waals surface area contributed by atoms with Crippen molar-refractivity contribution < 1.29 is 14.4 Å². The smallest absolute Gasteiger partial charge is 0.229 e. The van der Waals surface area contributed by atoms with Crippen molar-refractivity contribution in [1.82, 2.24) is 10.2 Å². The maximum absolute atomic E-state index is 12.8. The summed E-state index contributed by atoms with van der Waals surface area (Å²) in [5.74, 6) is 0.310. The van der Waals surface area contributed by atoms with Gasteiger partial charge >= 0.3 is 0 Å². The van der Waals surface area contributed by atoms with Crippen LogP contribution in [0.2, 0.25) is 0 Å². The minimum absolute atomic E-state index is 0.0604. The summed E-state index contributed by atoms with van der Waals surface area (Å²) in [5, 5.41) is 2.96. The number of ketones is 1. The van der Waals surface area contributed by atoms with Crippen LogP contribution in [0.1, 0.15) is 60.4 Å². The first-order chi connectivity index (χ1) is 12.1. The van der Waals surface area contributed by atoms with Crippen LogP contribution in [0.5, 0.6) is 0 Å². The molecule has 1 aromatic carbocycles. The molecule has 0 heterocycles. The molecule has 0 spiro atoms. The molecule has 2 aliphatic carbocycles. The molecule has 0 aromatic heterocycles. The normalized spacial score (nSPS) is 19.7. The summed E-state index contributed by atoms with van der Waals surface area (Å²) in [6, 6.07) is 7.43. The second-order valence-electron chi connectivity index (χ2n) is 7.13. The summed E-state index contributed by atoms with van der Waals surface area (Å²) < 4.78 is 0. The Balaban J connectivity index is 1.50. The zero-order valence-electron chi connectivity index (χ0n) is 14.8. The van der Waals surface area contributed by atoms with E-state index in [1.807, 2.05) is 24.3 Å². The van der Waals surface area contributed by atoms with Crippen molar-refractivity contribution in [2.24, 2.45) is 5.92 Å². The zero-order valence-corrected chi connectivity index (χ0v) is 14.8. The number of amides is 2. The van der Waals surface area contributed by atoms with Gasteiger partial charge in [0.05, 0.1) is 5.92 Å². The van der Waals surface area contributed by atoms with Gasteiger partial charge in [0.15, 0.2) is 5.78 Å². The lowest BCUT2D eigenvalue weighted by Gasteiger charge is -2.28. The Morgan fingerprint density at radius 3 is 2.68 bits per heavy atom. The molecule has 1 unspecified atom stereocenters. The van der Waals surface area contributed by atoms with Crippen molar-refractivity contribution in [2.45, 2.75) is 44.4 Å². The monoisotopic (exact) mass is 342 g/mol. The van der Waals surface area contributed by atoms with Gasteiger partial charge in [-0.2, -0.15) is 0 Å². The Morgan fingerprint density at radius 2 is 1.96 bits per heavy atom. The summed E-state index contributed by atoms with van der Waals surface area (Å²) in [6.07, 6.45) is 4.92. The zero-order chi connectivity index (χ0) is 17.8. The highest BCUT2D eigenvalue weighted by Gasteiger charge is 2.31. The van der Waals surface area contributed by atoms with Gasteiger partial charge in [-0.1, -0.05) is 30.7 Å². The molecule has 5 heteroatoms. The highest BCUT2D eigenvalue weighted by molar-refractivity contribution is 6.01. The van der Waals surface area contributed by atoms with Crippen LogP contribution in [0.3, 0.4) is 0 Å². The Labute approximate surface area is 148 Å². The molecule has 5 nitrogen and oxygen atoms in total. The number of carbonyl (C=O) groups is 3. The van der Waals surface area contributed by atoms with Gasteiger partial charge in [-0.05, 0) is 31.2 Å². The molecule has 1 N–H and O–H groups in total. The van der Waals surface area contributed by atoms with Crippen molar-refractivity contribution in [2.75, 3.05) is 20.1 Å². The second kappa shape index (κ2) is 7.81. The summed E-state index contributed by atoms with van der Waals surface area (Å²) in [7, 11) is 1.80. The molecule has 25 heavy (non-hydrogen) atoms. The Bertz CT molecular complexity index is 667. The average molecular weight is 342 g/mol. The third-order valence-corrected chi connectivity index (χ3v) is 5.42. The van der Waals surface area contributed by atoms with Crippen LogP contribution in [-0.4, -0.2) is 42.6 Å². The summed E-state index contributed by atoms with van der Waals surface area (Å²) in [5.41, 5.74) is 1.54.